The van der Waals surface area contributed by atoms with Gasteiger partial charge >= 0.3 is 0 Å². The molecule has 0 spiro atoms. The van der Waals surface area contributed by atoms with E-state index in [4.69, 9.17) is 16.3 Å². The van der Waals surface area contributed by atoms with E-state index in [0.29, 0.717) is 16.8 Å². The van der Waals surface area contributed by atoms with Crippen molar-refractivity contribution in [2.45, 2.75) is 32.7 Å². The zero-order valence-corrected chi connectivity index (χ0v) is 13.6. The molecule has 0 heterocycles. The van der Waals surface area contributed by atoms with Crippen molar-refractivity contribution in [3.63, 3.8) is 0 Å². The Morgan fingerprint density at radius 2 is 2.00 bits per heavy atom. The van der Waals surface area contributed by atoms with E-state index in [0.717, 1.165) is 18.5 Å². The second-order valence-corrected chi connectivity index (χ2v) is 5.83. The minimum absolute atomic E-state index is 0.384. The lowest BCUT2D eigenvalue weighted by Crippen LogP contribution is -2.16. The summed E-state index contributed by atoms with van der Waals surface area (Å²) >= 11 is 6.14. The van der Waals surface area contributed by atoms with E-state index >= 15 is 0 Å². The third kappa shape index (κ3) is 4.68. The fourth-order valence-corrected chi connectivity index (χ4v) is 2.62. The molecule has 0 radical (unpaired) electrons. The molecule has 21 heavy (non-hydrogen) atoms. The van der Waals surface area contributed by atoms with Crippen LogP contribution in [0.25, 0.3) is 0 Å². The lowest BCUT2D eigenvalue weighted by atomic mass is 10.0. The summed E-state index contributed by atoms with van der Waals surface area (Å²) < 4.78 is 5.16. The molecule has 2 aromatic carbocycles. The molecule has 0 saturated carbocycles. The predicted molar refractivity (Wildman–Crippen MR) is 90.6 cm³/mol. The quantitative estimate of drug-likeness (QED) is 0.802. The molecule has 112 valence electrons. The number of methoxy groups -OCH3 is 1. The van der Waals surface area contributed by atoms with E-state index in [1.165, 1.54) is 11.1 Å². The molecule has 0 aromatic heterocycles. The van der Waals surface area contributed by atoms with Gasteiger partial charge in [-0.25, -0.2) is 0 Å². The zero-order valence-electron chi connectivity index (χ0n) is 12.8. The first-order chi connectivity index (χ1) is 10.1. The van der Waals surface area contributed by atoms with Crippen LogP contribution in [-0.4, -0.2) is 13.2 Å². The largest absolute Gasteiger partial charge is 0.495 e. The Morgan fingerprint density at radius 1 is 1.19 bits per heavy atom. The van der Waals surface area contributed by atoms with Crippen molar-refractivity contribution in [2.24, 2.45) is 0 Å². The van der Waals surface area contributed by atoms with Crippen LogP contribution in [0.15, 0.2) is 42.5 Å². The fraction of sp³-hybridized carbons (Fsp3) is 0.333. The number of ether oxygens (including phenoxy) is 1. The van der Waals surface area contributed by atoms with Gasteiger partial charge in [-0.1, -0.05) is 41.4 Å². The van der Waals surface area contributed by atoms with Gasteiger partial charge in [0.2, 0.25) is 0 Å². The van der Waals surface area contributed by atoms with E-state index in [9.17, 15) is 0 Å². The summed E-state index contributed by atoms with van der Waals surface area (Å²) in [6, 6.07) is 14.8. The van der Waals surface area contributed by atoms with Crippen LogP contribution in [-0.2, 0) is 6.42 Å². The Bertz CT molecular complexity index is 598. The lowest BCUT2D eigenvalue weighted by molar-refractivity contribution is 0.415. The van der Waals surface area contributed by atoms with Crippen molar-refractivity contribution < 1.29 is 4.74 Å². The summed E-state index contributed by atoms with van der Waals surface area (Å²) in [7, 11) is 1.62. The molecule has 3 heteroatoms. The number of aryl methyl sites for hydroxylation is 2. The Labute approximate surface area is 132 Å². The molecule has 0 amide bonds. The van der Waals surface area contributed by atoms with Crippen LogP contribution in [0, 0.1) is 6.92 Å². The molecule has 0 aliphatic rings. The highest BCUT2D eigenvalue weighted by atomic mass is 35.5. The molecule has 2 rings (SSSR count). The van der Waals surface area contributed by atoms with Crippen molar-refractivity contribution in [3.05, 3.63) is 58.6 Å². The van der Waals surface area contributed by atoms with E-state index in [1.54, 1.807) is 7.11 Å². The number of nitrogens with one attached hydrogen (secondary N) is 1. The second-order valence-electron chi connectivity index (χ2n) is 5.42. The molecule has 0 fully saturated rings. The van der Waals surface area contributed by atoms with Crippen LogP contribution in [0.4, 0.5) is 5.69 Å². The summed E-state index contributed by atoms with van der Waals surface area (Å²) in [6.07, 6.45) is 2.15. The summed E-state index contributed by atoms with van der Waals surface area (Å²) in [5.74, 6) is 0.703. The molecule has 1 N–H and O–H groups in total. The van der Waals surface area contributed by atoms with Gasteiger partial charge < -0.3 is 10.1 Å². The molecular weight excluding hydrogens is 282 g/mol. The van der Waals surface area contributed by atoms with Crippen LogP contribution < -0.4 is 10.1 Å². The van der Waals surface area contributed by atoms with Crippen LogP contribution in [0.1, 0.15) is 24.5 Å². The first kappa shape index (κ1) is 15.7. The molecule has 0 saturated heterocycles. The summed E-state index contributed by atoms with van der Waals surface area (Å²) in [4.78, 5) is 0. The average molecular weight is 304 g/mol. The first-order valence-corrected chi connectivity index (χ1v) is 7.62. The zero-order chi connectivity index (χ0) is 15.2. The highest BCUT2D eigenvalue weighted by molar-refractivity contribution is 6.32. The fourth-order valence-electron chi connectivity index (χ4n) is 2.36. The van der Waals surface area contributed by atoms with Gasteiger partial charge in [0.15, 0.2) is 0 Å². The SMILES string of the molecule is COc1ccc(NC(C)CCc2cccc(C)c2)cc1Cl. The number of anilines is 1. The Hall–Kier alpha value is -1.67. The van der Waals surface area contributed by atoms with Crippen LogP contribution in [0.5, 0.6) is 5.75 Å². The Balaban J connectivity index is 1.89. The maximum Gasteiger partial charge on any atom is 0.137 e. The number of hydrogen-bond donors (Lipinski definition) is 1. The number of hydrogen-bond acceptors (Lipinski definition) is 2. The molecule has 2 aromatic rings. The molecule has 2 nitrogen and oxygen atoms in total. The number of rotatable bonds is 6. The second kappa shape index (κ2) is 7.37. The standard InChI is InChI=1S/C18H22ClNO/c1-13-5-4-6-15(11-13)8-7-14(2)20-16-9-10-18(21-3)17(19)12-16/h4-6,9-12,14,20H,7-8H2,1-3H3. The van der Waals surface area contributed by atoms with Crippen LogP contribution in [0.3, 0.4) is 0 Å². The third-order valence-corrected chi connectivity index (χ3v) is 3.81. The highest BCUT2D eigenvalue weighted by Gasteiger charge is 2.06. The molecule has 1 atom stereocenters. The summed E-state index contributed by atoms with van der Waals surface area (Å²) in [5.41, 5.74) is 3.73. The number of halogens is 1. The molecule has 0 aliphatic carbocycles. The predicted octanol–water partition coefficient (Wildman–Crippen LogP) is 5.09. The number of benzene rings is 2. The van der Waals surface area contributed by atoms with Gasteiger partial charge in [-0.15, -0.1) is 0 Å². The van der Waals surface area contributed by atoms with Crippen molar-refractivity contribution in [1.82, 2.24) is 0 Å². The van der Waals surface area contributed by atoms with Gasteiger partial charge in [0.25, 0.3) is 0 Å². The maximum atomic E-state index is 6.14. The minimum Gasteiger partial charge on any atom is -0.495 e. The van der Waals surface area contributed by atoms with E-state index in [-0.39, 0.29) is 0 Å². The Morgan fingerprint density at radius 3 is 2.67 bits per heavy atom. The monoisotopic (exact) mass is 303 g/mol. The molecule has 1 unspecified atom stereocenters. The van der Waals surface area contributed by atoms with Crippen molar-refractivity contribution >= 4 is 17.3 Å². The van der Waals surface area contributed by atoms with E-state index in [1.807, 2.05) is 18.2 Å². The summed E-state index contributed by atoms with van der Waals surface area (Å²) in [5, 5.41) is 4.11. The van der Waals surface area contributed by atoms with Gasteiger partial charge in [-0.2, -0.15) is 0 Å². The van der Waals surface area contributed by atoms with Gasteiger partial charge in [-0.05, 0) is 50.5 Å². The van der Waals surface area contributed by atoms with E-state index < -0.39 is 0 Å². The molecular formula is C18H22ClNO. The third-order valence-electron chi connectivity index (χ3n) is 3.51. The molecule has 0 bridgehead atoms. The van der Waals surface area contributed by atoms with Gasteiger partial charge in [0, 0.05) is 11.7 Å². The normalized spacial score (nSPS) is 12.0. The van der Waals surface area contributed by atoms with Gasteiger partial charge in [0.05, 0.1) is 12.1 Å². The van der Waals surface area contributed by atoms with Crippen molar-refractivity contribution in [2.75, 3.05) is 12.4 Å². The van der Waals surface area contributed by atoms with Crippen LogP contribution in [0.2, 0.25) is 5.02 Å². The lowest BCUT2D eigenvalue weighted by Gasteiger charge is -2.16. The smallest absolute Gasteiger partial charge is 0.137 e. The molecule has 0 aliphatic heterocycles. The highest BCUT2D eigenvalue weighted by Crippen LogP contribution is 2.27. The van der Waals surface area contributed by atoms with Gasteiger partial charge in [0.1, 0.15) is 5.75 Å². The van der Waals surface area contributed by atoms with E-state index in [2.05, 4.69) is 43.4 Å². The minimum atomic E-state index is 0.384. The van der Waals surface area contributed by atoms with Crippen molar-refractivity contribution in [1.29, 1.82) is 0 Å². The summed E-state index contributed by atoms with van der Waals surface area (Å²) in [6.45, 7) is 4.32. The maximum absolute atomic E-state index is 6.14. The van der Waals surface area contributed by atoms with Crippen LogP contribution >= 0.6 is 11.6 Å². The topological polar surface area (TPSA) is 21.3 Å². The first-order valence-electron chi connectivity index (χ1n) is 7.24. The Kier molecular flexibility index (Phi) is 5.51. The average Bonchev–Trinajstić information content (AvgIpc) is 2.45. The van der Waals surface area contributed by atoms with Gasteiger partial charge in [-0.3, -0.25) is 0 Å². The van der Waals surface area contributed by atoms with Crippen molar-refractivity contribution in [3.8, 4) is 5.75 Å².